The maximum absolute atomic E-state index is 12.7. The van der Waals surface area contributed by atoms with E-state index in [1.54, 1.807) is 13.8 Å². The molecule has 0 spiro atoms. The first-order chi connectivity index (χ1) is 10.8. The van der Waals surface area contributed by atoms with Crippen LogP contribution in [-0.4, -0.2) is 14.8 Å². The minimum absolute atomic E-state index is 0.108. The van der Waals surface area contributed by atoms with Crippen LogP contribution < -0.4 is 5.56 Å². The van der Waals surface area contributed by atoms with Crippen LogP contribution in [0.1, 0.15) is 21.7 Å². The van der Waals surface area contributed by atoms with E-state index in [0.29, 0.717) is 20.8 Å². The third kappa shape index (κ3) is 2.98. The zero-order valence-corrected chi connectivity index (χ0v) is 13.0. The number of aryl methyl sites for hydroxylation is 1. The second-order valence-corrected chi connectivity index (χ2v) is 6.23. The highest BCUT2D eigenvalue weighted by molar-refractivity contribution is 7.18. The first kappa shape index (κ1) is 15.7. The Kier molecular flexibility index (Phi) is 3.71. The van der Waals surface area contributed by atoms with Crippen molar-refractivity contribution < 1.29 is 13.2 Å². The van der Waals surface area contributed by atoms with Crippen molar-refractivity contribution in [2.75, 3.05) is 0 Å². The third-order valence-corrected chi connectivity index (χ3v) is 4.52. The summed E-state index contributed by atoms with van der Waals surface area (Å²) in [5, 5.41) is 4.45. The minimum atomic E-state index is -4.40. The molecular weight excluding hydrogens is 327 g/mol. The Bertz CT molecular complexity index is 943. The maximum Gasteiger partial charge on any atom is 0.416 e. The third-order valence-electron chi connectivity index (χ3n) is 3.50. The van der Waals surface area contributed by atoms with Gasteiger partial charge in [0.2, 0.25) is 0 Å². The Balaban J connectivity index is 1.99. The van der Waals surface area contributed by atoms with Gasteiger partial charge in [0.1, 0.15) is 11.2 Å². The quantitative estimate of drug-likeness (QED) is 0.720. The average molecular weight is 338 g/mol. The van der Waals surface area contributed by atoms with Crippen LogP contribution >= 0.6 is 11.3 Å². The lowest BCUT2D eigenvalue weighted by atomic mass is 10.2. The van der Waals surface area contributed by atoms with E-state index >= 15 is 0 Å². The number of nitrogens with zero attached hydrogens (tertiary/aromatic N) is 3. The summed E-state index contributed by atoms with van der Waals surface area (Å²) >= 11 is 1.24. The highest BCUT2D eigenvalue weighted by Gasteiger charge is 2.30. The molecule has 0 saturated carbocycles. The van der Waals surface area contributed by atoms with Crippen molar-refractivity contribution in [3.8, 4) is 0 Å². The highest BCUT2D eigenvalue weighted by Crippen LogP contribution is 2.32. The molecule has 0 unspecified atom stereocenters. The van der Waals surface area contributed by atoms with Gasteiger partial charge < -0.3 is 0 Å². The van der Waals surface area contributed by atoms with Gasteiger partial charge in [0.05, 0.1) is 22.3 Å². The molecule has 4 nitrogen and oxygen atoms in total. The summed E-state index contributed by atoms with van der Waals surface area (Å²) in [6.45, 7) is 3.53. The van der Waals surface area contributed by atoms with E-state index in [1.165, 1.54) is 22.1 Å². The number of alkyl halides is 3. The molecular formula is C15H11F3N3OS. The molecule has 2 aromatic heterocycles. The fourth-order valence-corrected chi connectivity index (χ4v) is 3.00. The van der Waals surface area contributed by atoms with Gasteiger partial charge in [0.25, 0.3) is 5.56 Å². The van der Waals surface area contributed by atoms with Crippen LogP contribution in [0, 0.1) is 20.0 Å². The Labute approximate surface area is 133 Å². The van der Waals surface area contributed by atoms with Crippen molar-refractivity contribution >= 4 is 21.6 Å². The molecule has 0 aliphatic heterocycles. The molecule has 8 heteroatoms. The first-order valence-corrected chi connectivity index (χ1v) is 7.50. The standard InChI is InChI=1S/C15H11F3N3OS/c1-8-6-19-21(14(22)9(8)2)7-13-20-11-5-10(15(16,17)18)3-4-12(11)23-13/h3-5H,7H2,1-2H3. The van der Waals surface area contributed by atoms with E-state index in [-0.39, 0.29) is 17.6 Å². The Morgan fingerprint density at radius 1 is 1.30 bits per heavy atom. The van der Waals surface area contributed by atoms with Gasteiger partial charge >= 0.3 is 6.18 Å². The highest BCUT2D eigenvalue weighted by atomic mass is 32.1. The van der Waals surface area contributed by atoms with Crippen molar-refractivity contribution in [1.29, 1.82) is 0 Å². The van der Waals surface area contributed by atoms with E-state index in [1.807, 2.05) is 0 Å². The minimum Gasteiger partial charge on any atom is -0.267 e. The van der Waals surface area contributed by atoms with Crippen molar-refractivity contribution in [3.05, 3.63) is 56.4 Å². The number of hydrogen-bond acceptors (Lipinski definition) is 4. The van der Waals surface area contributed by atoms with Gasteiger partial charge in [-0.05, 0) is 37.6 Å². The number of fused-ring (bicyclic) bond motifs is 1. The SMILES string of the molecule is Cc1[c]nn(Cc2nc3cc(C(F)(F)F)ccc3s2)c(=O)c1C. The molecule has 3 aromatic rings. The molecule has 119 valence electrons. The molecule has 1 aromatic carbocycles. The molecule has 0 atom stereocenters. The van der Waals surface area contributed by atoms with E-state index < -0.39 is 11.7 Å². The van der Waals surface area contributed by atoms with Crippen LogP contribution in [0.4, 0.5) is 13.2 Å². The number of benzene rings is 1. The van der Waals surface area contributed by atoms with E-state index in [4.69, 9.17) is 0 Å². The number of aromatic nitrogens is 3. The number of thiazole rings is 1. The summed E-state index contributed by atoms with van der Waals surface area (Å²) in [5.41, 5.74) is 0.486. The van der Waals surface area contributed by atoms with Crippen molar-refractivity contribution in [3.63, 3.8) is 0 Å². The fraction of sp³-hybridized carbons (Fsp3) is 0.267. The van der Waals surface area contributed by atoms with Crippen molar-refractivity contribution in [2.24, 2.45) is 0 Å². The van der Waals surface area contributed by atoms with E-state index in [2.05, 4.69) is 16.3 Å². The molecule has 0 N–H and O–H groups in total. The van der Waals surface area contributed by atoms with Gasteiger partial charge in [-0.15, -0.1) is 11.3 Å². The zero-order valence-electron chi connectivity index (χ0n) is 12.2. The summed E-state index contributed by atoms with van der Waals surface area (Å²) in [6, 6.07) is 3.43. The summed E-state index contributed by atoms with van der Waals surface area (Å²) in [7, 11) is 0. The van der Waals surface area contributed by atoms with Crippen molar-refractivity contribution in [1.82, 2.24) is 14.8 Å². The lowest BCUT2D eigenvalue weighted by molar-refractivity contribution is -0.137. The normalized spacial score (nSPS) is 12.0. The van der Waals surface area contributed by atoms with Gasteiger partial charge in [-0.1, -0.05) is 0 Å². The van der Waals surface area contributed by atoms with Crippen LogP contribution in [0.3, 0.4) is 0 Å². The van der Waals surface area contributed by atoms with Crippen LogP contribution in [0.25, 0.3) is 10.2 Å². The summed E-state index contributed by atoms with van der Waals surface area (Å²) in [6.07, 6.45) is -1.67. The molecule has 0 fully saturated rings. The predicted molar refractivity (Wildman–Crippen MR) is 80.5 cm³/mol. The van der Waals surface area contributed by atoms with Crippen LogP contribution in [0.5, 0.6) is 0 Å². The summed E-state index contributed by atoms with van der Waals surface area (Å²) in [5.74, 6) is 0. The molecule has 0 aliphatic rings. The molecule has 0 saturated heterocycles. The first-order valence-electron chi connectivity index (χ1n) is 6.68. The number of rotatable bonds is 2. The van der Waals surface area contributed by atoms with Gasteiger partial charge in [-0.25, -0.2) is 9.67 Å². The second-order valence-electron chi connectivity index (χ2n) is 5.11. The fourth-order valence-electron chi connectivity index (χ4n) is 2.07. The monoisotopic (exact) mass is 338 g/mol. The van der Waals surface area contributed by atoms with Gasteiger partial charge in [0, 0.05) is 5.56 Å². The van der Waals surface area contributed by atoms with Crippen LogP contribution in [-0.2, 0) is 12.7 Å². The topological polar surface area (TPSA) is 47.8 Å². The van der Waals surface area contributed by atoms with Crippen LogP contribution in [0.2, 0.25) is 0 Å². The van der Waals surface area contributed by atoms with Crippen LogP contribution in [0.15, 0.2) is 23.0 Å². The number of halogens is 3. The summed E-state index contributed by atoms with van der Waals surface area (Å²) in [4.78, 5) is 16.3. The molecule has 2 heterocycles. The summed E-state index contributed by atoms with van der Waals surface area (Å²) < 4.78 is 40.0. The zero-order chi connectivity index (χ0) is 16.8. The smallest absolute Gasteiger partial charge is 0.267 e. The second kappa shape index (κ2) is 5.45. The van der Waals surface area contributed by atoms with Gasteiger partial charge in [-0.3, -0.25) is 4.79 Å². The molecule has 0 amide bonds. The Hall–Kier alpha value is -2.22. The van der Waals surface area contributed by atoms with Crippen molar-refractivity contribution in [2.45, 2.75) is 26.6 Å². The lowest BCUT2D eigenvalue weighted by Gasteiger charge is -2.05. The van der Waals surface area contributed by atoms with E-state index in [9.17, 15) is 18.0 Å². The van der Waals surface area contributed by atoms with Gasteiger partial charge in [-0.2, -0.15) is 18.3 Å². The Morgan fingerprint density at radius 3 is 2.74 bits per heavy atom. The van der Waals surface area contributed by atoms with Gasteiger partial charge in [0.15, 0.2) is 0 Å². The predicted octanol–water partition coefficient (Wildman–Crippen LogP) is 3.34. The maximum atomic E-state index is 12.7. The lowest BCUT2D eigenvalue weighted by Crippen LogP contribution is -2.26. The average Bonchev–Trinajstić information content (AvgIpc) is 2.88. The molecule has 23 heavy (non-hydrogen) atoms. The number of hydrogen-bond donors (Lipinski definition) is 0. The Morgan fingerprint density at radius 2 is 2.04 bits per heavy atom. The molecule has 0 bridgehead atoms. The molecule has 1 radical (unpaired) electrons. The van der Waals surface area contributed by atoms with E-state index in [0.717, 1.165) is 12.1 Å². The molecule has 3 rings (SSSR count). The molecule has 0 aliphatic carbocycles. The largest absolute Gasteiger partial charge is 0.416 e.